The molecule has 1 N–H and O–H groups in total. The van der Waals surface area contributed by atoms with Crippen LogP contribution in [0, 0.1) is 0 Å². The van der Waals surface area contributed by atoms with Crippen LogP contribution in [0.5, 0.6) is 5.75 Å². The summed E-state index contributed by atoms with van der Waals surface area (Å²) in [6, 6.07) is 5.71. The molecule has 1 aromatic carbocycles. The van der Waals surface area contributed by atoms with E-state index in [0.29, 0.717) is 23.2 Å². The van der Waals surface area contributed by atoms with Gasteiger partial charge in [-0.3, -0.25) is 9.78 Å². The number of rotatable bonds is 4. The van der Waals surface area contributed by atoms with E-state index in [4.69, 9.17) is 0 Å². The molecule has 1 saturated carbocycles. The van der Waals surface area contributed by atoms with E-state index in [1.165, 1.54) is 25.1 Å². The minimum Gasteiger partial charge on any atom is -0.406 e. The van der Waals surface area contributed by atoms with E-state index in [-0.39, 0.29) is 11.5 Å². The predicted molar refractivity (Wildman–Crippen MR) is 90.0 cm³/mol. The monoisotopic (exact) mass is 362 g/mol. The summed E-state index contributed by atoms with van der Waals surface area (Å²) in [7, 11) is 0. The van der Waals surface area contributed by atoms with Gasteiger partial charge >= 0.3 is 6.36 Å². The molecule has 0 saturated heterocycles. The molecule has 0 spiro atoms. The van der Waals surface area contributed by atoms with Gasteiger partial charge in [0.2, 0.25) is 0 Å². The lowest BCUT2D eigenvalue weighted by molar-refractivity contribution is -0.274. The number of hydrogen-bond acceptors (Lipinski definition) is 4. The number of nitrogens with zero attached hydrogens (tertiary/aromatic N) is 1. The lowest BCUT2D eigenvalue weighted by atomic mass is 9.89. The number of carbonyl (C=O) groups excluding carboxylic acids is 1. The molecule has 26 heavy (non-hydrogen) atoms. The molecule has 2 bridgehead atoms. The number of anilines is 2. The highest BCUT2D eigenvalue weighted by Gasteiger charge is 2.41. The minimum atomic E-state index is -4.73. The molecular formula is C19H17F3N2O2. The average Bonchev–Trinajstić information content (AvgIpc) is 3.15. The fourth-order valence-corrected chi connectivity index (χ4v) is 4.21. The van der Waals surface area contributed by atoms with Gasteiger partial charge in [-0.15, -0.1) is 13.2 Å². The van der Waals surface area contributed by atoms with Crippen LogP contribution in [0.25, 0.3) is 0 Å². The van der Waals surface area contributed by atoms with Crippen molar-refractivity contribution in [2.45, 2.75) is 44.4 Å². The first-order valence-electron chi connectivity index (χ1n) is 8.48. The highest BCUT2D eigenvalue weighted by molar-refractivity contribution is 5.95. The Morgan fingerprint density at radius 1 is 1.23 bits per heavy atom. The summed E-state index contributed by atoms with van der Waals surface area (Å²) in [5, 5.41) is 3.16. The Morgan fingerprint density at radius 2 is 1.96 bits per heavy atom. The predicted octanol–water partition coefficient (Wildman–Crippen LogP) is 5.29. The maximum absolute atomic E-state index is 12.4. The average molecular weight is 362 g/mol. The maximum Gasteiger partial charge on any atom is 0.573 e. The van der Waals surface area contributed by atoms with E-state index in [9.17, 15) is 18.0 Å². The molecular weight excluding hydrogens is 345 g/mol. The SMILES string of the molecule is CC(=O)c1ncc(Nc2cccc(OC(F)(F)F)c2)c2c1C1CCC2C1. The minimum absolute atomic E-state index is 0.0547. The Bertz CT molecular complexity index is 880. The van der Waals surface area contributed by atoms with Crippen molar-refractivity contribution in [2.24, 2.45) is 0 Å². The Hall–Kier alpha value is -2.57. The summed E-state index contributed by atoms with van der Waals surface area (Å²) < 4.78 is 41.2. The molecule has 0 amide bonds. The Kier molecular flexibility index (Phi) is 3.89. The first-order valence-corrected chi connectivity index (χ1v) is 8.48. The fraction of sp³-hybridized carbons (Fsp3) is 0.368. The van der Waals surface area contributed by atoms with Crippen molar-refractivity contribution in [1.82, 2.24) is 4.98 Å². The van der Waals surface area contributed by atoms with Gasteiger partial charge in [-0.1, -0.05) is 6.07 Å². The molecule has 1 aromatic heterocycles. The number of alkyl halides is 3. The van der Waals surface area contributed by atoms with Crippen molar-refractivity contribution in [3.63, 3.8) is 0 Å². The van der Waals surface area contributed by atoms with Gasteiger partial charge in [0.25, 0.3) is 0 Å². The van der Waals surface area contributed by atoms with Crippen LogP contribution in [-0.4, -0.2) is 17.1 Å². The molecule has 4 rings (SSSR count). The molecule has 0 radical (unpaired) electrons. The van der Waals surface area contributed by atoms with Crippen LogP contribution in [-0.2, 0) is 0 Å². The number of Topliss-reactive ketones (excluding diaryl/α,β-unsaturated/α-hetero) is 1. The number of carbonyl (C=O) groups is 1. The molecule has 4 nitrogen and oxygen atoms in total. The van der Waals surface area contributed by atoms with Crippen LogP contribution < -0.4 is 10.1 Å². The quantitative estimate of drug-likeness (QED) is 0.751. The number of benzene rings is 1. The maximum atomic E-state index is 12.4. The molecule has 2 unspecified atom stereocenters. The molecule has 1 fully saturated rings. The van der Waals surface area contributed by atoms with Crippen LogP contribution in [0.2, 0.25) is 0 Å². The van der Waals surface area contributed by atoms with E-state index in [2.05, 4.69) is 15.0 Å². The number of nitrogens with one attached hydrogen (secondary N) is 1. The lowest BCUT2D eigenvalue weighted by Gasteiger charge is -2.21. The van der Waals surface area contributed by atoms with Gasteiger partial charge in [-0.2, -0.15) is 0 Å². The molecule has 136 valence electrons. The summed E-state index contributed by atoms with van der Waals surface area (Å²) in [5.41, 5.74) is 3.85. The van der Waals surface area contributed by atoms with Gasteiger partial charge in [0.1, 0.15) is 11.4 Å². The first kappa shape index (κ1) is 16.9. The van der Waals surface area contributed by atoms with E-state index in [0.717, 1.165) is 36.1 Å². The molecule has 2 aliphatic carbocycles. The Morgan fingerprint density at radius 3 is 2.65 bits per heavy atom. The summed E-state index contributed by atoms with van der Waals surface area (Å²) in [5.74, 6) is 0.381. The van der Waals surface area contributed by atoms with Crippen LogP contribution in [0.4, 0.5) is 24.5 Å². The van der Waals surface area contributed by atoms with Gasteiger partial charge in [0.05, 0.1) is 11.9 Å². The van der Waals surface area contributed by atoms with Gasteiger partial charge in [0, 0.05) is 18.7 Å². The van der Waals surface area contributed by atoms with Crippen molar-refractivity contribution in [1.29, 1.82) is 0 Å². The molecule has 1 heterocycles. The topological polar surface area (TPSA) is 51.2 Å². The summed E-state index contributed by atoms with van der Waals surface area (Å²) >= 11 is 0. The second-order valence-corrected chi connectivity index (χ2v) is 6.81. The van der Waals surface area contributed by atoms with Crippen molar-refractivity contribution < 1.29 is 22.7 Å². The van der Waals surface area contributed by atoms with Gasteiger partial charge < -0.3 is 10.1 Å². The van der Waals surface area contributed by atoms with Crippen LogP contribution >= 0.6 is 0 Å². The number of ether oxygens (including phenoxy) is 1. The second kappa shape index (κ2) is 6.00. The number of aromatic nitrogens is 1. The van der Waals surface area contributed by atoms with Crippen molar-refractivity contribution in [3.8, 4) is 5.75 Å². The molecule has 0 aliphatic heterocycles. The van der Waals surface area contributed by atoms with Gasteiger partial charge in [0.15, 0.2) is 5.78 Å². The van der Waals surface area contributed by atoms with Crippen molar-refractivity contribution in [2.75, 3.05) is 5.32 Å². The second-order valence-electron chi connectivity index (χ2n) is 6.81. The van der Waals surface area contributed by atoms with E-state index in [1.807, 2.05) is 0 Å². The Labute approximate surface area is 148 Å². The number of fused-ring (bicyclic) bond motifs is 5. The molecule has 2 aromatic rings. The van der Waals surface area contributed by atoms with Gasteiger partial charge in [-0.25, -0.2) is 0 Å². The normalized spacial score (nSPS) is 20.8. The summed E-state index contributed by atoms with van der Waals surface area (Å²) in [6.45, 7) is 1.51. The zero-order valence-electron chi connectivity index (χ0n) is 14.1. The highest BCUT2D eigenvalue weighted by Crippen LogP contribution is 2.56. The number of pyridine rings is 1. The summed E-state index contributed by atoms with van der Waals surface area (Å²) in [6.07, 6.45) is -0.00655. The number of ketones is 1. The van der Waals surface area contributed by atoms with Crippen LogP contribution in [0.15, 0.2) is 30.5 Å². The third-order valence-electron chi connectivity index (χ3n) is 5.09. The van der Waals surface area contributed by atoms with Crippen molar-refractivity contribution >= 4 is 17.2 Å². The zero-order valence-corrected chi connectivity index (χ0v) is 14.1. The van der Waals surface area contributed by atoms with E-state index >= 15 is 0 Å². The molecule has 7 heteroatoms. The zero-order chi connectivity index (χ0) is 18.5. The number of hydrogen-bond donors (Lipinski definition) is 1. The fourth-order valence-electron chi connectivity index (χ4n) is 4.21. The largest absolute Gasteiger partial charge is 0.573 e. The van der Waals surface area contributed by atoms with E-state index in [1.54, 1.807) is 12.3 Å². The molecule has 2 atom stereocenters. The third kappa shape index (κ3) is 3.02. The van der Waals surface area contributed by atoms with Gasteiger partial charge in [-0.05, 0) is 54.4 Å². The highest BCUT2D eigenvalue weighted by atomic mass is 19.4. The smallest absolute Gasteiger partial charge is 0.406 e. The molecule has 2 aliphatic rings. The Balaban J connectivity index is 1.68. The van der Waals surface area contributed by atoms with Crippen LogP contribution in [0.3, 0.4) is 0 Å². The lowest BCUT2D eigenvalue weighted by Crippen LogP contribution is -2.17. The summed E-state index contributed by atoms with van der Waals surface area (Å²) in [4.78, 5) is 16.2. The van der Waals surface area contributed by atoms with Crippen LogP contribution in [0.1, 0.15) is 59.6 Å². The third-order valence-corrected chi connectivity index (χ3v) is 5.09. The van der Waals surface area contributed by atoms with Crippen molar-refractivity contribution in [3.05, 3.63) is 47.3 Å². The first-order chi connectivity index (χ1) is 12.3. The van der Waals surface area contributed by atoms with E-state index < -0.39 is 6.36 Å². The number of halogens is 3. The standard InChI is InChI=1S/C19H17F3N2O2/c1-10(25)18-17-12-6-5-11(7-12)16(17)15(9-23-18)24-13-3-2-4-14(8-13)26-19(20,21)22/h2-4,8-9,11-12,24H,5-7H2,1H3.